The van der Waals surface area contributed by atoms with Gasteiger partial charge in [-0.3, -0.25) is 4.57 Å². The SMILES string of the molecule is CC(C)(P=O)C(Cl)Cl. The zero-order valence-electron chi connectivity index (χ0n) is 4.69. The highest BCUT2D eigenvalue weighted by molar-refractivity contribution is 7.26. The van der Waals surface area contributed by atoms with Crippen LogP contribution in [-0.4, -0.2) is 9.99 Å². The highest BCUT2D eigenvalue weighted by atomic mass is 35.5. The Kier molecular flexibility index (Phi) is 3.26. The number of hydrogen-bond donors (Lipinski definition) is 0. The Labute approximate surface area is 60.6 Å². The van der Waals surface area contributed by atoms with E-state index in [1.165, 1.54) is 0 Å². The summed E-state index contributed by atoms with van der Waals surface area (Å²) in [5, 5.41) is -0.511. The molecule has 0 aromatic rings. The van der Waals surface area contributed by atoms with Crippen molar-refractivity contribution >= 4 is 31.7 Å². The van der Waals surface area contributed by atoms with Crippen LogP contribution in [0.3, 0.4) is 0 Å². The molecule has 0 amide bonds. The molecule has 0 aromatic heterocycles. The second-order valence-corrected chi connectivity index (χ2v) is 4.48. The lowest BCUT2D eigenvalue weighted by Crippen LogP contribution is -2.19. The van der Waals surface area contributed by atoms with E-state index in [0.29, 0.717) is 0 Å². The molecule has 0 saturated carbocycles. The summed E-state index contributed by atoms with van der Waals surface area (Å²) in [5.41, 5.74) is 0. The fourth-order valence-electron chi connectivity index (χ4n) is 0.0398. The first-order valence-corrected chi connectivity index (χ1v) is 3.82. The molecule has 0 unspecified atom stereocenters. The molecule has 0 aromatic carbocycles. The zero-order chi connectivity index (χ0) is 6.78. The van der Waals surface area contributed by atoms with Crippen molar-refractivity contribution in [1.29, 1.82) is 0 Å². The van der Waals surface area contributed by atoms with Crippen LogP contribution >= 0.6 is 31.7 Å². The van der Waals surface area contributed by atoms with Crippen LogP contribution in [0.2, 0.25) is 0 Å². The van der Waals surface area contributed by atoms with E-state index in [2.05, 4.69) is 0 Å². The summed E-state index contributed by atoms with van der Waals surface area (Å²) in [7, 11) is -0.0139. The third-order valence-electron chi connectivity index (χ3n) is 0.769. The van der Waals surface area contributed by atoms with Gasteiger partial charge in [0.15, 0.2) is 8.46 Å². The number of rotatable bonds is 2. The van der Waals surface area contributed by atoms with Crippen LogP contribution in [0.15, 0.2) is 0 Å². The van der Waals surface area contributed by atoms with Crippen LogP contribution in [0, 0.1) is 0 Å². The molecule has 0 aliphatic heterocycles. The fourth-order valence-corrected chi connectivity index (χ4v) is 0.359. The first-order valence-electron chi connectivity index (χ1n) is 2.13. The van der Waals surface area contributed by atoms with E-state index in [9.17, 15) is 4.57 Å². The van der Waals surface area contributed by atoms with Gasteiger partial charge in [-0.25, -0.2) is 0 Å². The van der Waals surface area contributed by atoms with Crippen molar-refractivity contribution in [3.05, 3.63) is 0 Å². The largest absolute Gasteiger partial charge is 0.274 e. The molecule has 0 spiro atoms. The molecule has 0 aliphatic rings. The lowest BCUT2D eigenvalue weighted by atomic mass is 10.2. The van der Waals surface area contributed by atoms with Crippen LogP contribution in [0.1, 0.15) is 13.8 Å². The van der Waals surface area contributed by atoms with Gasteiger partial charge in [0, 0.05) is 0 Å². The number of hydrogen-bond acceptors (Lipinski definition) is 1. The predicted octanol–water partition coefficient (Wildman–Crippen LogP) is 2.86. The van der Waals surface area contributed by atoms with E-state index in [-0.39, 0.29) is 8.46 Å². The molecule has 0 fully saturated rings. The molecule has 0 bridgehead atoms. The summed E-state index contributed by atoms with van der Waals surface area (Å²) >= 11 is 10.9. The second kappa shape index (κ2) is 3.00. The van der Waals surface area contributed by atoms with Gasteiger partial charge in [-0.2, -0.15) is 0 Å². The lowest BCUT2D eigenvalue weighted by molar-refractivity contribution is 0.576. The van der Waals surface area contributed by atoms with Gasteiger partial charge in [-0.15, -0.1) is 23.2 Å². The van der Waals surface area contributed by atoms with Crippen LogP contribution in [0.5, 0.6) is 0 Å². The third-order valence-corrected chi connectivity index (χ3v) is 2.89. The maximum atomic E-state index is 10.2. The summed E-state index contributed by atoms with van der Waals surface area (Å²) in [5.74, 6) is 0. The molecule has 0 radical (unpaired) electrons. The highest BCUT2D eigenvalue weighted by Crippen LogP contribution is 2.31. The normalized spacial score (nSPS) is 13.1. The first-order chi connectivity index (χ1) is 3.50. The summed E-state index contributed by atoms with van der Waals surface area (Å²) in [6.45, 7) is 3.46. The van der Waals surface area contributed by atoms with Crippen molar-refractivity contribution in [3.8, 4) is 0 Å². The molecule has 8 heavy (non-hydrogen) atoms. The summed E-state index contributed by atoms with van der Waals surface area (Å²) < 4.78 is 10.2. The van der Waals surface area contributed by atoms with Crippen molar-refractivity contribution in [2.24, 2.45) is 0 Å². The van der Waals surface area contributed by atoms with Crippen molar-refractivity contribution in [2.45, 2.75) is 23.8 Å². The van der Waals surface area contributed by atoms with E-state index in [4.69, 9.17) is 23.2 Å². The summed E-state index contributed by atoms with van der Waals surface area (Å²) in [6, 6.07) is 0. The molecule has 48 valence electrons. The molecule has 0 heterocycles. The molecular weight excluding hydrogens is 166 g/mol. The molecule has 0 aliphatic carbocycles. The smallest absolute Gasteiger partial charge is 0.164 e. The number of halogens is 2. The average molecular weight is 173 g/mol. The number of alkyl halides is 2. The van der Waals surface area contributed by atoms with Gasteiger partial charge in [0.05, 0.1) is 5.16 Å². The third kappa shape index (κ3) is 2.30. The van der Waals surface area contributed by atoms with Crippen molar-refractivity contribution in [3.63, 3.8) is 0 Å². The van der Waals surface area contributed by atoms with Gasteiger partial charge in [-0.05, 0) is 13.8 Å². The van der Waals surface area contributed by atoms with Crippen molar-refractivity contribution in [1.82, 2.24) is 0 Å². The van der Waals surface area contributed by atoms with E-state index < -0.39 is 9.99 Å². The van der Waals surface area contributed by atoms with Gasteiger partial charge in [0.25, 0.3) is 0 Å². The topological polar surface area (TPSA) is 17.1 Å². The second-order valence-electron chi connectivity index (χ2n) is 2.05. The van der Waals surface area contributed by atoms with Gasteiger partial charge >= 0.3 is 0 Å². The van der Waals surface area contributed by atoms with Crippen molar-refractivity contribution < 1.29 is 4.57 Å². The highest BCUT2D eigenvalue weighted by Gasteiger charge is 2.26. The van der Waals surface area contributed by atoms with E-state index >= 15 is 0 Å². The zero-order valence-corrected chi connectivity index (χ0v) is 7.10. The summed E-state index contributed by atoms with van der Waals surface area (Å²) in [6.07, 6.45) is 0. The Bertz CT molecular complexity index is 92.0. The monoisotopic (exact) mass is 172 g/mol. The van der Waals surface area contributed by atoms with Crippen LogP contribution in [0.25, 0.3) is 0 Å². The molecule has 0 N–H and O–H groups in total. The first kappa shape index (κ1) is 8.68. The quantitative estimate of drug-likeness (QED) is 0.463. The standard InChI is InChI=1S/C4H7Cl2OP/c1-4(2,8-7)3(5)6/h3H,1-2H3. The van der Waals surface area contributed by atoms with Gasteiger partial charge in [-0.1, -0.05) is 0 Å². The van der Waals surface area contributed by atoms with E-state index in [0.717, 1.165) is 0 Å². The Hall–Kier alpha value is 0.680. The predicted molar refractivity (Wildman–Crippen MR) is 37.2 cm³/mol. The molecule has 0 saturated heterocycles. The molecule has 4 heteroatoms. The lowest BCUT2D eigenvalue weighted by Gasteiger charge is -2.14. The Morgan fingerprint density at radius 3 is 1.88 bits per heavy atom. The van der Waals surface area contributed by atoms with E-state index in [1.54, 1.807) is 13.8 Å². The van der Waals surface area contributed by atoms with Gasteiger partial charge in [0.1, 0.15) is 4.84 Å². The Morgan fingerprint density at radius 2 is 1.88 bits per heavy atom. The maximum absolute atomic E-state index is 10.2. The van der Waals surface area contributed by atoms with Crippen molar-refractivity contribution in [2.75, 3.05) is 0 Å². The maximum Gasteiger partial charge on any atom is 0.164 e. The summed E-state index contributed by atoms with van der Waals surface area (Å²) in [4.78, 5) is -0.568. The van der Waals surface area contributed by atoms with Gasteiger partial charge < -0.3 is 0 Å². The minimum absolute atomic E-state index is 0.0139. The van der Waals surface area contributed by atoms with Gasteiger partial charge in [0.2, 0.25) is 0 Å². The molecule has 1 nitrogen and oxygen atoms in total. The Morgan fingerprint density at radius 1 is 1.50 bits per heavy atom. The van der Waals surface area contributed by atoms with E-state index in [1.807, 2.05) is 0 Å². The van der Waals surface area contributed by atoms with Crippen LogP contribution in [0.4, 0.5) is 0 Å². The molecule has 0 atom stereocenters. The van der Waals surface area contributed by atoms with Crippen LogP contribution < -0.4 is 0 Å². The average Bonchev–Trinajstić information content (AvgIpc) is 1.67. The minimum Gasteiger partial charge on any atom is -0.274 e. The van der Waals surface area contributed by atoms with Crippen LogP contribution in [-0.2, 0) is 4.57 Å². The molecule has 0 rings (SSSR count). The molecular formula is C4H7Cl2OP. The minimum atomic E-state index is -0.568. The Balaban J connectivity index is 3.90. The fraction of sp³-hybridized carbons (Fsp3) is 1.00.